The molecule has 2 N–H and O–H groups in total. The van der Waals surface area contributed by atoms with Gasteiger partial charge in [-0.2, -0.15) is 0 Å². The molecule has 1 heterocycles. The number of carbonyl (C=O) groups is 1. The summed E-state index contributed by atoms with van der Waals surface area (Å²) in [4.78, 5) is 27.7. The van der Waals surface area contributed by atoms with Crippen LogP contribution in [0.3, 0.4) is 0 Å². The summed E-state index contributed by atoms with van der Waals surface area (Å²) in [6.45, 7) is 1.92. The van der Waals surface area contributed by atoms with E-state index in [0.29, 0.717) is 5.56 Å². The van der Waals surface area contributed by atoms with Crippen molar-refractivity contribution in [2.45, 2.75) is 6.92 Å². The molecule has 0 saturated heterocycles. The Morgan fingerprint density at radius 3 is 2.63 bits per heavy atom. The third-order valence-corrected chi connectivity index (χ3v) is 3.33. The van der Waals surface area contributed by atoms with Gasteiger partial charge in [0.25, 0.3) is 0 Å². The predicted octanol–water partition coefficient (Wildman–Crippen LogP) is 2.64. The number of hydrogen-bond donors (Lipinski definition) is 2. The molecular formula is C15H12N2O2. The van der Waals surface area contributed by atoms with Crippen LogP contribution in [-0.4, -0.2) is 16.3 Å². The first-order valence-corrected chi connectivity index (χ1v) is 5.96. The smallest absolute Gasteiger partial charge is 0.306 e. The second-order valence-electron chi connectivity index (χ2n) is 4.48. The minimum Gasteiger partial charge on any atom is -0.306 e. The van der Waals surface area contributed by atoms with Gasteiger partial charge in [-0.15, -0.1) is 0 Å². The van der Waals surface area contributed by atoms with Gasteiger partial charge in [-0.1, -0.05) is 24.3 Å². The average Bonchev–Trinajstić information content (AvgIpc) is 2.78. The molecule has 1 aromatic heterocycles. The molecule has 0 aliphatic carbocycles. The van der Waals surface area contributed by atoms with E-state index < -0.39 is 0 Å². The van der Waals surface area contributed by atoms with Gasteiger partial charge in [-0.3, -0.25) is 4.79 Å². The highest BCUT2D eigenvalue weighted by atomic mass is 16.1. The van der Waals surface area contributed by atoms with E-state index in [1.807, 2.05) is 37.3 Å². The Kier molecular flexibility index (Phi) is 2.56. The van der Waals surface area contributed by atoms with Gasteiger partial charge in [-0.25, -0.2) is 4.79 Å². The summed E-state index contributed by atoms with van der Waals surface area (Å²) in [5, 5.41) is 0. The van der Waals surface area contributed by atoms with Gasteiger partial charge in [0.15, 0.2) is 0 Å². The Bertz CT molecular complexity index is 828. The van der Waals surface area contributed by atoms with Gasteiger partial charge in [0.1, 0.15) is 6.29 Å². The molecule has 0 amide bonds. The van der Waals surface area contributed by atoms with Crippen LogP contribution in [0.25, 0.3) is 22.2 Å². The summed E-state index contributed by atoms with van der Waals surface area (Å²) in [6, 6.07) is 11.3. The number of fused-ring (bicyclic) bond motifs is 1. The molecule has 0 bridgehead atoms. The normalized spacial score (nSPS) is 10.8. The SMILES string of the molecule is Cc1c(C=O)cccc1-c1ccc2[nH]c(=O)[nH]c2c1. The summed E-state index contributed by atoms with van der Waals surface area (Å²) >= 11 is 0. The number of rotatable bonds is 2. The number of H-pyrrole nitrogens is 2. The van der Waals surface area contributed by atoms with Crippen molar-refractivity contribution < 1.29 is 4.79 Å². The quantitative estimate of drug-likeness (QED) is 0.688. The molecular weight excluding hydrogens is 240 g/mol. The number of imidazole rings is 1. The minimum absolute atomic E-state index is 0.217. The van der Waals surface area contributed by atoms with Crippen molar-refractivity contribution >= 4 is 17.3 Å². The van der Waals surface area contributed by atoms with Gasteiger partial charge in [-0.05, 0) is 35.7 Å². The summed E-state index contributed by atoms with van der Waals surface area (Å²) in [6.07, 6.45) is 0.857. The van der Waals surface area contributed by atoms with Crippen molar-refractivity contribution in [3.63, 3.8) is 0 Å². The number of aromatic amines is 2. The average molecular weight is 252 g/mol. The summed E-state index contributed by atoms with van der Waals surface area (Å²) in [5.74, 6) is 0. The minimum atomic E-state index is -0.217. The van der Waals surface area contributed by atoms with E-state index in [-0.39, 0.29) is 5.69 Å². The fourth-order valence-corrected chi connectivity index (χ4v) is 2.29. The molecule has 0 spiro atoms. The molecule has 0 unspecified atom stereocenters. The highest BCUT2D eigenvalue weighted by Crippen LogP contribution is 2.26. The van der Waals surface area contributed by atoms with Crippen LogP contribution in [0.1, 0.15) is 15.9 Å². The molecule has 94 valence electrons. The zero-order chi connectivity index (χ0) is 13.4. The van der Waals surface area contributed by atoms with Gasteiger partial charge >= 0.3 is 5.69 Å². The monoisotopic (exact) mass is 252 g/mol. The van der Waals surface area contributed by atoms with Crippen LogP contribution in [0.2, 0.25) is 0 Å². The van der Waals surface area contributed by atoms with Crippen LogP contribution >= 0.6 is 0 Å². The standard InChI is InChI=1S/C15H12N2O2/c1-9-11(8-18)3-2-4-12(9)10-5-6-13-14(7-10)17-15(19)16-13/h2-8H,1H3,(H2,16,17,19). The van der Waals surface area contributed by atoms with Crippen molar-refractivity contribution in [2.24, 2.45) is 0 Å². The van der Waals surface area contributed by atoms with Crippen LogP contribution in [0.4, 0.5) is 0 Å². The Hall–Kier alpha value is -2.62. The maximum absolute atomic E-state index is 11.2. The molecule has 3 rings (SSSR count). The van der Waals surface area contributed by atoms with Crippen LogP contribution in [0.15, 0.2) is 41.2 Å². The van der Waals surface area contributed by atoms with Crippen molar-refractivity contribution in [2.75, 3.05) is 0 Å². The van der Waals surface area contributed by atoms with E-state index in [9.17, 15) is 9.59 Å². The highest BCUT2D eigenvalue weighted by molar-refractivity contribution is 5.86. The maximum Gasteiger partial charge on any atom is 0.323 e. The number of aldehydes is 1. The first-order chi connectivity index (χ1) is 9.19. The number of nitrogens with one attached hydrogen (secondary N) is 2. The largest absolute Gasteiger partial charge is 0.323 e. The number of benzene rings is 2. The molecule has 4 heteroatoms. The molecule has 0 saturated carbocycles. The molecule has 4 nitrogen and oxygen atoms in total. The van der Waals surface area contributed by atoms with Crippen molar-refractivity contribution in [3.8, 4) is 11.1 Å². The van der Waals surface area contributed by atoms with Crippen LogP contribution in [0.5, 0.6) is 0 Å². The van der Waals surface area contributed by atoms with Crippen molar-refractivity contribution in [1.82, 2.24) is 9.97 Å². The van der Waals surface area contributed by atoms with Crippen LogP contribution in [-0.2, 0) is 0 Å². The fourth-order valence-electron chi connectivity index (χ4n) is 2.29. The Labute approximate surface area is 109 Å². The van der Waals surface area contributed by atoms with Crippen molar-refractivity contribution in [1.29, 1.82) is 0 Å². The Morgan fingerprint density at radius 1 is 1.05 bits per heavy atom. The molecule has 0 atom stereocenters. The van der Waals surface area contributed by atoms with E-state index >= 15 is 0 Å². The second kappa shape index (κ2) is 4.24. The first-order valence-electron chi connectivity index (χ1n) is 5.96. The maximum atomic E-state index is 11.2. The lowest BCUT2D eigenvalue weighted by atomic mass is 9.97. The highest BCUT2D eigenvalue weighted by Gasteiger charge is 2.07. The molecule has 19 heavy (non-hydrogen) atoms. The molecule has 0 fully saturated rings. The molecule has 0 radical (unpaired) electrons. The van der Waals surface area contributed by atoms with Crippen molar-refractivity contribution in [3.05, 3.63) is 58.0 Å². The Balaban J connectivity index is 2.23. The Morgan fingerprint density at radius 2 is 1.84 bits per heavy atom. The first kappa shape index (κ1) is 11.5. The van der Waals surface area contributed by atoms with E-state index in [4.69, 9.17) is 0 Å². The summed E-state index contributed by atoms with van der Waals surface area (Å²) in [5.41, 5.74) is 4.91. The summed E-state index contributed by atoms with van der Waals surface area (Å²) < 4.78 is 0. The number of carbonyl (C=O) groups excluding carboxylic acids is 1. The molecule has 3 aromatic rings. The summed E-state index contributed by atoms with van der Waals surface area (Å²) in [7, 11) is 0. The topological polar surface area (TPSA) is 65.7 Å². The third kappa shape index (κ3) is 1.87. The van der Waals surface area contributed by atoms with E-state index in [2.05, 4.69) is 9.97 Å². The lowest BCUT2D eigenvalue weighted by Gasteiger charge is -2.08. The molecule has 2 aromatic carbocycles. The molecule has 0 aliphatic heterocycles. The number of aromatic nitrogens is 2. The van der Waals surface area contributed by atoms with Crippen LogP contribution in [0, 0.1) is 6.92 Å². The molecule has 0 aliphatic rings. The van der Waals surface area contributed by atoms with Gasteiger partial charge in [0.2, 0.25) is 0 Å². The zero-order valence-corrected chi connectivity index (χ0v) is 10.4. The number of hydrogen-bond acceptors (Lipinski definition) is 2. The van der Waals surface area contributed by atoms with Gasteiger partial charge in [0, 0.05) is 5.56 Å². The lowest BCUT2D eigenvalue weighted by Crippen LogP contribution is -1.99. The van der Waals surface area contributed by atoms with Crippen LogP contribution < -0.4 is 5.69 Å². The zero-order valence-electron chi connectivity index (χ0n) is 10.4. The van der Waals surface area contributed by atoms with Gasteiger partial charge in [0.05, 0.1) is 11.0 Å². The predicted molar refractivity (Wildman–Crippen MR) is 74.5 cm³/mol. The van der Waals surface area contributed by atoms with E-state index in [1.54, 1.807) is 6.07 Å². The van der Waals surface area contributed by atoms with E-state index in [1.165, 1.54) is 0 Å². The lowest BCUT2D eigenvalue weighted by molar-refractivity contribution is 0.112. The van der Waals surface area contributed by atoms with E-state index in [0.717, 1.165) is 34.0 Å². The fraction of sp³-hybridized carbons (Fsp3) is 0.0667. The van der Waals surface area contributed by atoms with Gasteiger partial charge < -0.3 is 9.97 Å². The second-order valence-corrected chi connectivity index (χ2v) is 4.48. The third-order valence-electron chi connectivity index (χ3n) is 3.33.